The second kappa shape index (κ2) is 7.41. The number of halogens is 1. The third kappa shape index (κ3) is 3.95. The molecule has 0 bridgehead atoms. The second-order valence-corrected chi connectivity index (χ2v) is 8.07. The maximum atomic E-state index is 14.4. The molecule has 0 N–H and O–H groups in total. The van der Waals surface area contributed by atoms with Crippen LogP contribution in [0.1, 0.15) is 55.7 Å². The summed E-state index contributed by atoms with van der Waals surface area (Å²) in [4.78, 5) is 25.7. The Kier molecular flexibility index (Phi) is 5.32. The second-order valence-electron chi connectivity index (χ2n) is 8.07. The zero-order valence-corrected chi connectivity index (χ0v) is 16.9. The van der Waals surface area contributed by atoms with Gasteiger partial charge in [0.15, 0.2) is 0 Å². The van der Waals surface area contributed by atoms with Gasteiger partial charge in [-0.25, -0.2) is 14.0 Å². The van der Waals surface area contributed by atoms with Gasteiger partial charge in [-0.05, 0) is 46.6 Å². The number of esters is 1. The molecule has 2 aromatic rings. The molecule has 0 aliphatic carbocycles. The average Bonchev–Trinajstić information content (AvgIpc) is 2.95. The zero-order valence-electron chi connectivity index (χ0n) is 16.9. The van der Waals surface area contributed by atoms with Gasteiger partial charge in [-0.1, -0.05) is 0 Å². The molecule has 8 heteroatoms. The number of hydrogen-bond donors (Lipinski definition) is 0. The number of carbonyl (C=O) groups is 2. The van der Waals surface area contributed by atoms with Gasteiger partial charge in [-0.2, -0.15) is 5.10 Å². The average molecular weight is 391 g/mol. The molecule has 0 saturated carbocycles. The van der Waals surface area contributed by atoms with E-state index in [1.807, 2.05) is 27.7 Å². The minimum atomic E-state index is -0.711. The first kappa shape index (κ1) is 20.1. The summed E-state index contributed by atoms with van der Waals surface area (Å²) in [6.45, 7) is 8.44. The molecule has 152 valence electrons. The summed E-state index contributed by atoms with van der Waals surface area (Å²) in [5.41, 5.74) is 0.725. The molecule has 2 heterocycles. The van der Waals surface area contributed by atoms with Crippen LogP contribution in [-0.4, -0.2) is 52.5 Å². The first-order valence-corrected chi connectivity index (χ1v) is 9.35. The third-order valence-corrected chi connectivity index (χ3v) is 4.85. The van der Waals surface area contributed by atoms with Gasteiger partial charge in [0.2, 0.25) is 0 Å². The highest BCUT2D eigenvalue weighted by Crippen LogP contribution is 2.30. The number of aryl methyl sites for hydroxylation is 1. The van der Waals surface area contributed by atoms with Crippen LogP contribution in [0.25, 0.3) is 10.9 Å². The maximum Gasteiger partial charge on any atom is 0.410 e. The Morgan fingerprint density at radius 1 is 1.21 bits per heavy atom. The highest BCUT2D eigenvalue weighted by molar-refractivity contribution is 5.95. The molecule has 0 atom stereocenters. The Morgan fingerprint density at radius 2 is 1.86 bits per heavy atom. The van der Waals surface area contributed by atoms with Gasteiger partial charge in [-0.3, -0.25) is 4.68 Å². The van der Waals surface area contributed by atoms with E-state index in [1.165, 1.54) is 19.2 Å². The molecule has 1 saturated heterocycles. The number of aromatic nitrogens is 2. The summed E-state index contributed by atoms with van der Waals surface area (Å²) in [5, 5.41) is 5.29. The van der Waals surface area contributed by atoms with Crippen molar-refractivity contribution in [3.05, 3.63) is 29.2 Å². The fourth-order valence-electron chi connectivity index (χ4n) is 3.48. The molecule has 1 aliphatic heterocycles. The molecule has 1 fully saturated rings. The lowest BCUT2D eigenvalue weighted by Gasteiger charge is -2.33. The van der Waals surface area contributed by atoms with Crippen LogP contribution in [-0.2, 0) is 9.47 Å². The molecule has 0 radical (unpaired) electrons. The van der Waals surface area contributed by atoms with E-state index in [-0.39, 0.29) is 17.7 Å². The van der Waals surface area contributed by atoms with Crippen LogP contribution in [0.4, 0.5) is 9.18 Å². The van der Waals surface area contributed by atoms with Crippen molar-refractivity contribution in [3.63, 3.8) is 0 Å². The van der Waals surface area contributed by atoms with Crippen molar-refractivity contribution in [1.82, 2.24) is 14.7 Å². The quantitative estimate of drug-likeness (QED) is 0.727. The monoisotopic (exact) mass is 391 g/mol. The Hall–Kier alpha value is -2.64. The van der Waals surface area contributed by atoms with Gasteiger partial charge in [0, 0.05) is 24.5 Å². The number of likely N-dealkylation sites (tertiary alicyclic amines) is 1. The topological polar surface area (TPSA) is 73.7 Å². The molecule has 3 rings (SSSR count). The number of methoxy groups -OCH3 is 1. The van der Waals surface area contributed by atoms with E-state index >= 15 is 0 Å². The fourth-order valence-corrected chi connectivity index (χ4v) is 3.48. The largest absolute Gasteiger partial charge is 0.465 e. The normalized spacial score (nSPS) is 15.7. The van der Waals surface area contributed by atoms with E-state index in [2.05, 4.69) is 9.84 Å². The standard InChI is InChI=1S/C20H26FN3O4/c1-12-14-10-15(18(25)27-5)16(21)11-17(14)24(22-12)13-6-8-23(9-7-13)19(26)28-20(2,3)4/h10-11,13H,6-9H2,1-5H3. The molecular formula is C20H26FN3O4. The van der Waals surface area contributed by atoms with Gasteiger partial charge in [0.1, 0.15) is 11.4 Å². The lowest BCUT2D eigenvalue weighted by atomic mass is 10.0. The predicted molar refractivity (Wildman–Crippen MR) is 102 cm³/mol. The van der Waals surface area contributed by atoms with Crippen molar-refractivity contribution in [2.24, 2.45) is 0 Å². The van der Waals surface area contributed by atoms with E-state index in [1.54, 1.807) is 9.58 Å². The smallest absolute Gasteiger partial charge is 0.410 e. The number of amides is 1. The van der Waals surface area contributed by atoms with E-state index < -0.39 is 17.4 Å². The number of fused-ring (bicyclic) bond motifs is 1. The number of ether oxygens (including phenoxy) is 2. The van der Waals surface area contributed by atoms with Crippen LogP contribution in [0.2, 0.25) is 0 Å². The van der Waals surface area contributed by atoms with Crippen LogP contribution < -0.4 is 0 Å². The zero-order chi connectivity index (χ0) is 20.6. The number of hydrogen-bond acceptors (Lipinski definition) is 5. The minimum Gasteiger partial charge on any atom is -0.465 e. The molecule has 1 aromatic carbocycles. The van der Waals surface area contributed by atoms with Crippen molar-refractivity contribution in [3.8, 4) is 0 Å². The Bertz CT molecular complexity index is 908. The van der Waals surface area contributed by atoms with Crippen LogP contribution in [0.3, 0.4) is 0 Å². The summed E-state index contributed by atoms with van der Waals surface area (Å²) in [6, 6.07) is 2.87. The first-order chi connectivity index (χ1) is 13.1. The maximum absolute atomic E-state index is 14.4. The predicted octanol–water partition coefficient (Wildman–Crippen LogP) is 3.84. The highest BCUT2D eigenvalue weighted by Gasteiger charge is 2.29. The molecule has 28 heavy (non-hydrogen) atoms. The minimum absolute atomic E-state index is 0.0401. The lowest BCUT2D eigenvalue weighted by Crippen LogP contribution is -2.42. The molecule has 1 aromatic heterocycles. The first-order valence-electron chi connectivity index (χ1n) is 9.35. The molecule has 0 spiro atoms. The lowest BCUT2D eigenvalue weighted by molar-refractivity contribution is 0.0186. The molecule has 1 aliphatic rings. The summed E-state index contributed by atoms with van der Waals surface area (Å²) < 4.78 is 26.3. The van der Waals surface area contributed by atoms with Crippen molar-refractivity contribution in [2.45, 2.75) is 52.2 Å². The summed E-state index contributed by atoms with van der Waals surface area (Å²) in [6.07, 6.45) is 1.06. The fraction of sp³-hybridized carbons (Fsp3) is 0.550. The Labute approximate surface area is 163 Å². The van der Waals surface area contributed by atoms with E-state index in [0.29, 0.717) is 31.4 Å². The van der Waals surface area contributed by atoms with Crippen LogP contribution in [0, 0.1) is 12.7 Å². The number of carbonyl (C=O) groups excluding carboxylic acids is 2. The van der Waals surface area contributed by atoms with Crippen molar-refractivity contribution >= 4 is 23.0 Å². The Morgan fingerprint density at radius 3 is 2.43 bits per heavy atom. The summed E-state index contributed by atoms with van der Waals surface area (Å²) in [7, 11) is 1.22. The third-order valence-electron chi connectivity index (χ3n) is 4.85. The summed E-state index contributed by atoms with van der Waals surface area (Å²) in [5.74, 6) is -1.34. The van der Waals surface area contributed by atoms with E-state index in [0.717, 1.165) is 11.1 Å². The van der Waals surface area contributed by atoms with Gasteiger partial charge in [-0.15, -0.1) is 0 Å². The van der Waals surface area contributed by atoms with Crippen LogP contribution >= 0.6 is 0 Å². The molecule has 1 amide bonds. The molecule has 7 nitrogen and oxygen atoms in total. The van der Waals surface area contributed by atoms with E-state index in [9.17, 15) is 14.0 Å². The van der Waals surface area contributed by atoms with Crippen LogP contribution in [0.15, 0.2) is 12.1 Å². The van der Waals surface area contributed by atoms with Gasteiger partial charge < -0.3 is 14.4 Å². The number of rotatable bonds is 2. The van der Waals surface area contributed by atoms with E-state index in [4.69, 9.17) is 4.74 Å². The van der Waals surface area contributed by atoms with Gasteiger partial charge in [0.05, 0.1) is 29.9 Å². The Balaban J connectivity index is 1.81. The van der Waals surface area contributed by atoms with Crippen molar-refractivity contribution < 1.29 is 23.5 Å². The summed E-state index contributed by atoms with van der Waals surface area (Å²) >= 11 is 0. The van der Waals surface area contributed by atoms with Gasteiger partial charge >= 0.3 is 12.1 Å². The molecular weight excluding hydrogens is 365 g/mol. The highest BCUT2D eigenvalue weighted by atomic mass is 19.1. The van der Waals surface area contributed by atoms with Crippen molar-refractivity contribution in [2.75, 3.05) is 20.2 Å². The number of piperidine rings is 1. The SMILES string of the molecule is COC(=O)c1cc2c(C)nn(C3CCN(C(=O)OC(C)(C)C)CC3)c2cc1F. The number of nitrogens with zero attached hydrogens (tertiary/aromatic N) is 3. The van der Waals surface area contributed by atoms with Gasteiger partial charge in [0.25, 0.3) is 0 Å². The number of benzene rings is 1. The molecule has 0 unspecified atom stereocenters. The van der Waals surface area contributed by atoms with Crippen molar-refractivity contribution in [1.29, 1.82) is 0 Å². The van der Waals surface area contributed by atoms with Crippen LogP contribution in [0.5, 0.6) is 0 Å².